The van der Waals surface area contributed by atoms with Gasteiger partial charge in [-0.25, -0.2) is 0 Å². The minimum Gasteiger partial charge on any atom is -0.387 e. The fourth-order valence-electron chi connectivity index (χ4n) is 7.45. The number of aliphatic hydroxyl groups excluding tert-OH is 2. The molecule has 10 atom stereocenters. The highest BCUT2D eigenvalue weighted by Crippen LogP contribution is 2.35. The summed E-state index contributed by atoms with van der Waals surface area (Å²) in [5, 5.41) is 27.0. The highest BCUT2D eigenvalue weighted by Gasteiger charge is 2.53. The minimum absolute atomic E-state index is 0.0173. The van der Waals surface area contributed by atoms with Gasteiger partial charge in [-0.2, -0.15) is 0 Å². The number of ether oxygens (including phenoxy) is 9. The Kier molecular flexibility index (Phi) is 18.0. The monoisotopic (exact) mass is 861 g/mol. The van der Waals surface area contributed by atoms with Crippen molar-refractivity contribution in [3.63, 3.8) is 0 Å². The van der Waals surface area contributed by atoms with Gasteiger partial charge in [-0.15, -0.1) is 0 Å². The molecule has 5 aromatic carbocycles. The lowest BCUT2D eigenvalue weighted by molar-refractivity contribution is -0.372. The van der Waals surface area contributed by atoms with Crippen molar-refractivity contribution in [3.8, 4) is 0 Å². The largest absolute Gasteiger partial charge is 0.387 e. The topological polar surface area (TPSA) is 172 Å². The molecule has 2 N–H and O–H groups in total. The second-order valence-corrected chi connectivity index (χ2v) is 15.3. The zero-order chi connectivity index (χ0) is 43.5. The molecule has 2 heterocycles. The first-order valence-electron chi connectivity index (χ1n) is 21.2. The smallest absolute Gasteiger partial charge is 0.187 e. The first-order chi connectivity index (χ1) is 31.1. The van der Waals surface area contributed by atoms with E-state index in [-0.39, 0.29) is 59.4 Å². The van der Waals surface area contributed by atoms with Crippen molar-refractivity contribution < 1.29 is 52.8 Å². The Labute approximate surface area is 367 Å². The van der Waals surface area contributed by atoms with Crippen LogP contribution in [0.2, 0.25) is 0 Å². The lowest BCUT2D eigenvalue weighted by Gasteiger charge is -2.49. The second kappa shape index (κ2) is 24.7. The summed E-state index contributed by atoms with van der Waals surface area (Å²) in [4.78, 5) is 2.88. The van der Waals surface area contributed by atoms with Crippen molar-refractivity contribution in [3.05, 3.63) is 190 Å². The molecule has 14 heteroatoms. The number of hydrogen-bond donors (Lipinski definition) is 2. The molecule has 63 heavy (non-hydrogen) atoms. The Hall–Kier alpha value is -5.03. The molecule has 0 unspecified atom stereocenters. The van der Waals surface area contributed by atoms with Gasteiger partial charge in [-0.3, -0.25) is 0 Å². The normalized spacial score (nSPS) is 25.9. The third-order valence-electron chi connectivity index (χ3n) is 10.7. The van der Waals surface area contributed by atoms with Crippen LogP contribution in [-0.4, -0.2) is 98.0 Å². The first-order valence-corrected chi connectivity index (χ1v) is 21.2. The molecule has 0 radical (unpaired) electrons. The van der Waals surface area contributed by atoms with Crippen LogP contribution in [0.15, 0.2) is 157 Å². The molecular formula is C49H55N3O11. The standard InChI is InChI=1S/C49H55N3O11/c50-52-51-26-27-57-48-47(60-32-39-24-14-5-15-25-39)46(59-31-38-22-12-4-13-23-38)44(41(62-48)34-56-29-36-18-8-2-9-19-36)63-49-45(58-30-37-20-10-3-11-21-37)43(54)42(53)40(61-49)33-55-28-35-16-6-1-7-17-35/h1-25,40-49,53-54H,26-34H2/t40-,41-,42+,43+,44-,45-,46+,47-,48-,49+/m1/s1. The van der Waals surface area contributed by atoms with Crippen LogP contribution in [0, 0.1) is 0 Å². The summed E-state index contributed by atoms with van der Waals surface area (Å²) in [6.45, 7) is 1.01. The van der Waals surface area contributed by atoms with Crippen LogP contribution in [0.3, 0.4) is 0 Å². The van der Waals surface area contributed by atoms with Crippen molar-refractivity contribution in [1.82, 2.24) is 0 Å². The maximum absolute atomic E-state index is 11.8. The molecule has 0 bridgehead atoms. The Bertz CT molecular complexity index is 2070. The quantitative estimate of drug-likeness (QED) is 0.0298. The molecular weight excluding hydrogens is 807 g/mol. The molecule has 332 valence electrons. The molecule has 5 aromatic rings. The Balaban J connectivity index is 1.22. The van der Waals surface area contributed by atoms with Crippen LogP contribution in [-0.2, 0) is 75.7 Å². The summed E-state index contributed by atoms with van der Waals surface area (Å²) in [7, 11) is 0. The van der Waals surface area contributed by atoms with Crippen LogP contribution >= 0.6 is 0 Å². The van der Waals surface area contributed by atoms with E-state index in [0.29, 0.717) is 0 Å². The van der Waals surface area contributed by atoms with Gasteiger partial charge < -0.3 is 52.8 Å². The van der Waals surface area contributed by atoms with Crippen molar-refractivity contribution in [1.29, 1.82) is 0 Å². The van der Waals surface area contributed by atoms with Gasteiger partial charge in [0.2, 0.25) is 0 Å². The summed E-state index contributed by atoms with van der Waals surface area (Å²) >= 11 is 0. The molecule has 0 saturated carbocycles. The van der Waals surface area contributed by atoms with E-state index in [1.807, 2.05) is 152 Å². The van der Waals surface area contributed by atoms with Gasteiger partial charge in [0.05, 0.1) is 52.9 Å². The lowest BCUT2D eigenvalue weighted by Crippen LogP contribution is -2.66. The predicted molar refractivity (Wildman–Crippen MR) is 231 cm³/mol. The van der Waals surface area contributed by atoms with E-state index in [0.717, 1.165) is 27.8 Å². The zero-order valence-electron chi connectivity index (χ0n) is 35.0. The van der Waals surface area contributed by atoms with Gasteiger partial charge in [-0.05, 0) is 33.3 Å². The van der Waals surface area contributed by atoms with Crippen molar-refractivity contribution >= 4 is 0 Å². The third-order valence-corrected chi connectivity index (χ3v) is 10.7. The number of aliphatic hydroxyl groups is 2. The zero-order valence-corrected chi connectivity index (χ0v) is 35.0. The average Bonchev–Trinajstić information content (AvgIpc) is 3.33. The number of hydrogen-bond acceptors (Lipinski definition) is 12. The fourth-order valence-corrected chi connectivity index (χ4v) is 7.45. The van der Waals surface area contributed by atoms with E-state index in [2.05, 4.69) is 10.0 Å². The molecule has 7 rings (SSSR count). The van der Waals surface area contributed by atoms with Crippen LogP contribution in [0.25, 0.3) is 10.4 Å². The van der Waals surface area contributed by atoms with Gasteiger partial charge in [0.1, 0.15) is 48.8 Å². The molecule has 2 fully saturated rings. The van der Waals surface area contributed by atoms with Crippen molar-refractivity contribution in [2.45, 2.75) is 94.4 Å². The Morgan fingerprint density at radius 3 is 1.35 bits per heavy atom. The summed E-state index contributed by atoms with van der Waals surface area (Å²) in [5.41, 5.74) is 13.6. The van der Waals surface area contributed by atoms with Crippen LogP contribution < -0.4 is 0 Å². The van der Waals surface area contributed by atoms with Gasteiger partial charge in [0.25, 0.3) is 0 Å². The maximum Gasteiger partial charge on any atom is 0.187 e. The molecule has 0 aliphatic carbocycles. The Morgan fingerprint density at radius 1 is 0.460 bits per heavy atom. The fraction of sp³-hybridized carbons (Fsp3) is 0.388. The number of benzene rings is 5. The molecule has 0 aromatic heterocycles. The predicted octanol–water partition coefficient (Wildman–Crippen LogP) is 7.06. The summed E-state index contributed by atoms with van der Waals surface area (Å²) in [6.07, 6.45) is -11.0. The first kappa shape index (κ1) is 46.0. The summed E-state index contributed by atoms with van der Waals surface area (Å²) in [6, 6.07) is 48.3. The maximum atomic E-state index is 11.8. The van der Waals surface area contributed by atoms with E-state index >= 15 is 0 Å². The Morgan fingerprint density at radius 2 is 0.873 bits per heavy atom. The van der Waals surface area contributed by atoms with Crippen molar-refractivity contribution in [2.24, 2.45) is 5.11 Å². The lowest BCUT2D eigenvalue weighted by atomic mass is 9.96. The number of nitrogens with zero attached hydrogens (tertiary/aromatic N) is 3. The van der Waals surface area contributed by atoms with Gasteiger partial charge in [-0.1, -0.05) is 157 Å². The third kappa shape index (κ3) is 13.7. The minimum atomic E-state index is -1.44. The highest BCUT2D eigenvalue weighted by molar-refractivity contribution is 5.17. The van der Waals surface area contributed by atoms with E-state index in [9.17, 15) is 10.2 Å². The van der Waals surface area contributed by atoms with Gasteiger partial charge in [0.15, 0.2) is 12.6 Å². The SMILES string of the molecule is [N-]=[N+]=NCCO[C@@H]1O[C@H](COCc2ccccc2)[C@@H](O[C@@H]2O[C@H](COCc3ccccc3)[C@H](O)[C@H](O)[C@H]2OCc2ccccc2)[C@H](OCc2ccccc2)[C@H]1OCc1ccccc1. The molecule has 2 aliphatic rings. The number of azide groups is 1. The van der Waals surface area contributed by atoms with E-state index in [1.54, 1.807) is 0 Å². The summed E-state index contributed by atoms with van der Waals surface area (Å²) < 4.78 is 58.9. The van der Waals surface area contributed by atoms with E-state index in [4.69, 9.17) is 48.2 Å². The molecule has 0 spiro atoms. The second-order valence-electron chi connectivity index (χ2n) is 15.3. The van der Waals surface area contributed by atoms with Gasteiger partial charge in [0, 0.05) is 11.5 Å². The van der Waals surface area contributed by atoms with E-state index < -0.39 is 61.4 Å². The van der Waals surface area contributed by atoms with Crippen molar-refractivity contribution in [2.75, 3.05) is 26.4 Å². The van der Waals surface area contributed by atoms with Crippen LogP contribution in [0.4, 0.5) is 0 Å². The van der Waals surface area contributed by atoms with E-state index in [1.165, 1.54) is 0 Å². The van der Waals surface area contributed by atoms with Gasteiger partial charge >= 0.3 is 0 Å². The van der Waals surface area contributed by atoms with Crippen LogP contribution in [0.5, 0.6) is 0 Å². The number of rotatable bonds is 23. The molecule has 14 nitrogen and oxygen atoms in total. The molecule has 2 aliphatic heterocycles. The molecule has 0 amide bonds. The molecule has 2 saturated heterocycles. The van der Waals surface area contributed by atoms with Crippen LogP contribution in [0.1, 0.15) is 27.8 Å². The highest BCUT2D eigenvalue weighted by atomic mass is 16.8. The summed E-state index contributed by atoms with van der Waals surface area (Å²) in [5.74, 6) is 0. The average molecular weight is 862 g/mol.